The van der Waals surface area contributed by atoms with E-state index in [2.05, 4.69) is 10.2 Å². The molecule has 0 spiro atoms. The summed E-state index contributed by atoms with van der Waals surface area (Å²) in [6.45, 7) is 0.905. The Hall–Kier alpha value is -0.900. The van der Waals surface area contributed by atoms with E-state index in [0.29, 0.717) is 6.10 Å². The molecular weight excluding hydrogens is 154 g/mol. The zero-order valence-electron chi connectivity index (χ0n) is 7.23. The molecule has 1 aliphatic rings. The van der Waals surface area contributed by atoms with Crippen molar-refractivity contribution in [1.29, 1.82) is 0 Å². The molecule has 4 heteroatoms. The first-order chi connectivity index (χ1) is 5.86. The summed E-state index contributed by atoms with van der Waals surface area (Å²) in [5.74, 6) is 1.02. The Balaban J connectivity index is 1.98. The molecule has 1 aromatic rings. The summed E-state index contributed by atoms with van der Waals surface area (Å²) >= 11 is 0. The minimum absolute atomic E-state index is 0.368. The van der Waals surface area contributed by atoms with Crippen LogP contribution in [0.5, 0.6) is 0 Å². The first-order valence-electron chi connectivity index (χ1n) is 4.31. The molecular formula is C8H13N3O. The third-order valence-corrected chi connectivity index (χ3v) is 2.24. The van der Waals surface area contributed by atoms with Crippen LogP contribution < -0.4 is 0 Å². The molecule has 0 N–H and O–H groups in total. The van der Waals surface area contributed by atoms with Gasteiger partial charge in [-0.2, -0.15) is 0 Å². The summed E-state index contributed by atoms with van der Waals surface area (Å²) in [7, 11) is 1.96. The molecule has 0 saturated carbocycles. The molecule has 1 aromatic heterocycles. The Morgan fingerprint density at radius 3 is 3.25 bits per heavy atom. The molecule has 2 heterocycles. The van der Waals surface area contributed by atoms with E-state index in [-0.39, 0.29) is 0 Å². The zero-order valence-corrected chi connectivity index (χ0v) is 7.23. The lowest BCUT2D eigenvalue weighted by Crippen LogP contribution is -2.12. The summed E-state index contributed by atoms with van der Waals surface area (Å²) < 4.78 is 7.45. The van der Waals surface area contributed by atoms with Gasteiger partial charge >= 0.3 is 0 Å². The summed E-state index contributed by atoms with van der Waals surface area (Å²) in [5.41, 5.74) is 0. The molecule has 1 atom stereocenters. The minimum atomic E-state index is 0.368. The largest absolute Gasteiger partial charge is 0.378 e. The van der Waals surface area contributed by atoms with Gasteiger partial charge < -0.3 is 9.30 Å². The van der Waals surface area contributed by atoms with Gasteiger partial charge in [-0.25, -0.2) is 0 Å². The number of hydrogen-bond acceptors (Lipinski definition) is 3. The Labute approximate surface area is 71.6 Å². The topological polar surface area (TPSA) is 39.9 Å². The monoisotopic (exact) mass is 167 g/mol. The van der Waals surface area contributed by atoms with E-state index in [1.165, 1.54) is 6.42 Å². The maximum absolute atomic E-state index is 5.50. The van der Waals surface area contributed by atoms with Crippen LogP contribution in [0.15, 0.2) is 6.33 Å². The highest BCUT2D eigenvalue weighted by molar-refractivity contribution is 4.88. The summed E-state index contributed by atoms with van der Waals surface area (Å²) in [5, 5.41) is 7.83. The van der Waals surface area contributed by atoms with Crippen molar-refractivity contribution in [2.24, 2.45) is 7.05 Å². The van der Waals surface area contributed by atoms with Gasteiger partial charge in [-0.3, -0.25) is 0 Å². The fraction of sp³-hybridized carbons (Fsp3) is 0.750. The van der Waals surface area contributed by atoms with E-state index >= 15 is 0 Å². The Morgan fingerprint density at radius 1 is 1.75 bits per heavy atom. The molecule has 1 aliphatic heterocycles. The van der Waals surface area contributed by atoms with Crippen molar-refractivity contribution in [2.75, 3.05) is 6.61 Å². The van der Waals surface area contributed by atoms with E-state index in [4.69, 9.17) is 4.74 Å². The van der Waals surface area contributed by atoms with Crippen molar-refractivity contribution < 1.29 is 4.74 Å². The standard InChI is InChI=1S/C8H13N3O/c1-11-6-9-10-8(11)5-7-3-2-4-12-7/h6-7H,2-5H2,1H3. The highest BCUT2D eigenvalue weighted by atomic mass is 16.5. The number of hydrogen-bond donors (Lipinski definition) is 0. The predicted molar refractivity (Wildman–Crippen MR) is 43.7 cm³/mol. The first-order valence-corrected chi connectivity index (χ1v) is 4.31. The lowest BCUT2D eigenvalue weighted by Gasteiger charge is -2.07. The molecule has 2 rings (SSSR count). The van der Waals surface area contributed by atoms with Crippen molar-refractivity contribution >= 4 is 0 Å². The van der Waals surface area contributed by atoms with Crippen LogP contribution in [0.1, 0.15) is 18.7 Å². The summed E-state index contributed by atoms with van der Waals surface area (Å²) in [4.78, 5) is 0. The fourth-order valence-corrected chi connectivity index (χ4v) is 1.50. The van der Waals surface area contributed by atoms with Crippen molar-refractivity contribution in [1.82, 2.24) is 14.8 Å². The highest BCUT2D eigenvalue weighted by Gasteiger charge is 2.17. The molecule has 12 heavy (non-hydrogen) atoms. The summed E-state index contributed by atoms with van der Waals surface area (Å²) in [6, 6.07) is 0. The maximum Gasteiger partial charge on any atom is 0.135 e. The summed E-state index contributed by atoms with van der Waals surface area (Å²) in [6.07, 6.45) is 5.34. The third kappa shape index (κ3) is 1.48. The number of rotatable bonds is 2. The van der Waals surface area contributed by atoms with Crippen molar-refractivity contribution in [3.63, 3.8) is 0 Å². The van der Waals surface area contributed by atoms with E-state index in [9.17, 15) is 0 Å². The highest BCUT2D eigenvalue weighted by Crippen LogP contribution is 2.15. The van der Waals surface area contributed by atoms with Crippen molar-refractivity contribution in [3.05, 3.63) is 12.2 Å². The number of aryl methyl sites for hydroxylation is 1. The second kappa shape index (κ2) is 3.23. The van der Waals surface area contributed by atoms with Crippen LogP contribution in [0.3, 0.4) is 0 Å². The number of nitrogens with zero attached hydrogens (tertiary/aromatic N) is 3. The van der Waals surface area contributed by atoms with Crippen LogP contribution in [0.25, 0.3) is 0 Å². The zero-order chi connectivity index (χ0) is 8.39. The Morgan fingerprint density at radius 2 is 2.67 bits per heavy atom. The van der Waals surface area contributed by atoms with Crippen LogP contribution >= 0.6 is 0 Å². The van der Waals surface area contributed by atoms with Gasteiger partial charge in [0, 0.05) is 20.1 Å². The van der Waals surface area contributed by atoms with Crippen molar-refractivity contribution in [2.45, 2.75) is 25.4 Å². The SMILES string of the molecule is Cn1cnnc1CC1CCCO1. The van der Waals surface area contributed by atoms with Gasteiger partial charge in [-0.1, -0.05) is 0 Å². The molecule has 1 saturated heterocycles. The van der Waals surface area contributed by atoms with Crippen LogP contribution in [0.2, 0.25) is 0 Å². The van der Waals surface area contributed by atoms with Crippen LogP contribution in [0, 0.1) is 0 Å². The van der Waals surface area contributed by atoms with Gasteiger partial charge in [0.2, 0.25) is 0 Å². The van der Waals surface area contributed by atoms with E-state index in [0.717, 1.165) is 25.3 Å². The van der Waals surface area contributed by atoms with Gasteiger partial charge in [0.15, 0.2) is 0 Å². The first kappa shape index (κ1) is 7.73. The van der Waals surface area contributed by atoms with Crippen LogP contribution in [-0.2, 0) is 18.2 Å². The second-order valence-electron chi connectivity index (χ2n) is 3.20. The molecule has 0 amide bonds. The van der Waals surface area contributed by atoms with Gasteiger partial charge in [0.05, 0.1) is 6.10 Å². The minimum Gasteiger partial charge on any atom is -0.378 e. The Kier molecular flexibility index (Phi) is 2.08. The van der Waals surface area contributed by atoms with E-state index in [1.807, 2.05) is 11.6 Å². The number of ether oxygens (including phenoxy) is 1. The molecule has 0 aromatic carbocycles. The molecule has 66 valence electrons. The van der Waals surface area contributed by atoms with E-state index in [1.54, 1.807) is 6.33 Å². The Bertz CT molecular complexity index is 253. The van der Waals surface area contributed by atoms with Crippen LogP contribution in [0.4, 0.5) is 0 Å². The smallest absolute Gasteiger partial charge is 0.135 e. The number of aromatic nitrogens is 3. The quantitative estimate of drug-likeness (QED) is 0.645. The average Bonchev–Trinajstić information content (AvgIpc) is 2.65. The molecule has 1 unspecified atom stereocenters. The molecule has 4 nitrogen and oxygen atoms in total. The van der Waals surface area contributed by atoms with Crippen LogP contribution in [-0.4, -0.2) is 27.5 Å². The molecule has 0 aliphatic carbocycles. The predicted octanol–water partition coefficient (Wildman–Crippen LogP) is 0.537. The second-order valence-corrected chi connectivity index (χ2v) is 3.20. The average molecular weight is 167 g/mol. The molecule has 1 fully saturated rings. The third-order valence-electron chi connectivity index (χ3n) is 2.24. The maximum atomic E-state index is 5.50. The van der Waals surface area contributed by atoms with Crippen molar-refractivity contribution in [3.8, 4) is 0 Å². The van der Waals surface area contributed by atoms with Gasteiger partial charge in [0.1, 0.15) is 12.2 Å². The lowest BCUT2D eigenvalue weighted by molar-refractivity contribution is 0.109. The van der Waals surface area contributed by atoms with E-state index < -0.39 is 0 Å². The molecule has 0 radical (unpaired) electrons. The van der Waals surface area contributed by atoms with Gasteiger partial charge in [-0.15, -0.1) is 10.2 Å². The lowest BCUT2D eigenvalue weighted by atomic mass is 10.2. The van der Waals surface area contributed by atoms with Gasteiger partial charge in [-0.05, 0) is 12.8 Å². The van der Waals surface area contributed by atoms with Gasteiger partial charge in [0.25, 0.3) is 0 Å². The molecule has 0 bridgehead atoms. The normalized spacial score (nSPS) is 23.2. The fourth-order valence-electron chi connectivity index (χ4n) is 1.50.